The van der Waals surface area contributed by atoms with Gasteiger partial charge < -0.3 is 15.5 Å². The van der Waals surface area contributed by atoms with Crippen molar-refractivity contribution >= 4 is 23.4 Å². The molecule has 3 aromatic carbocycles. The van der Waals surface area contributed by atoms with Gasteiger partial charge in [0, 0.05) is 17.8 Å². The maximum atomic E-state index is 13.6. The Labute approximate surface area is 187 Å². The van der Waals surface area contributed by atoms with Crippen molar-refractivity contribution in [1.29, 1.82) is 0 Å². The molecule has 6 heteroatoms. The third kappa shape index (κ3) is 4.86. The molecule has 0 fully saturated rings. The minimum Gasteiger partial charge on any atom is -0.343 e. The molecule has 0 aromatic heterocycles. The standard InChI is InChI=1S/C26H25N3O3/c30-23(18-27-25(31)21-13-5-2-6-14-21)28-24(20-11-3-1-4-12-20)26(32)29-17-9-15-19-10-7-8-16-22(19)29/h1-8,10-14,16,24H,9,15,17-18H2,(H,27,31)(H,28,30). The number of fused-ring (bicyclic) bond motifs is 1. The van der Waals surface area contributed by atoms with Crippen LogP contribution in [0.3, 0.4) is 0 Å². The van der Waals surface area contributed by atoms with Crippen LogP contribution < -0.4 is 15.5 Å². The Morgan fingerprint density at radius 3 is 2.25 bits per heavy atom. The molecule has 0 bridgehead atoms. The molecule has 0 saturated carbocycles. The molecule has 4 rings (SSSR count). The van der Waals surface area contributed by atoms with Gasteiger partial charge in [-0.1, -0.05) is 66.7 Å². The summed E-state index contributed by atoms with van der Waals surface area (Å²) in [6.45, 7) is 0.376. The van der Waals surface area contributed by atoms with Gasteiger partial charge in [0.1, 0.15) is 6.04 Å². The molecule has 1 unspecified atom stereocenters. The van der Waals surface area contributed by atoms with Gasteiger partial charge in [-0.25, -0.2) is 0 Å². The number of carbonyl (C=O) groups is 3. The Kier molecular flexibility index (Phi) is 6.60. The third-order valence-corrected chi connectivity index (χ3v) is 5.51. The average molecular weight is 428 g/mol. The summed E-state index contributed by atoms with van der Waals surface area (Å²) < 4.78 is 0. The quantitative estimate of drug-likeness (QED) is 0.634. The third-order valence-electron chi connectivity index (χ3n) is 5.51. The minimum absolute atomic E-state index is 0.189. The van der Waals surface area contributed by atoms with E-state index < -0.39 is 11.9 Å². The summed E-state index contributed by atoms with van der Waals surface area (Å²) in [6.07, 6.45) is 1.79. The lowest BCUT2D eigenvalue weighted by molar-refractivity contribution is -0.127. The molecule has 1 atom stereocenters. The van der Waals surface area contributed by atoms with E-state index in [0.717, 1.165) is 24.1 Å². The molecule has 162 valence electrons. The number of carbonyl (C=O) groups excluding carboxylic acids is 3. The van der Waals surface area contributed by atoms with Gasteiger partial charge >= 0.3 is 0 Å². The molecule has 2 N–H and O–H groups in total. The number of aryl methyl sites for hydroxylation is 1. The highest BCUT2D eigenvalue weighted by Crippen LogP contribution is 2.29. The fourth-order valence-electron chi connectivity index (χ4n) is 3.92. The second-order valence-electron chi connectivity index (χ2n) is 7.68. The zero-order valence-corrected chi connectivity index (χ0v) is 17.7. The van der Waals surface area contributed by atoms with Crippen LogP contribution in [0.15, 0.2) is 84.9 Å². The van der Waals surface area contributed by atoms with Gasteiger partial charge in [-0.2, -0.15) is 0 Å². The molecule has 0 radical (unpaired) electrons. The normalized spacial score (nSPS) is 13.6. The van der Waals surface area contributed by atoms with Crippen LogP contribution in [0.1, 0.15) is 33.9 Å². The smallest absolute Gasteiger partial charge is 0.254 e. The fraction of sp³-hybridized carbons (Fsp3) is 0.192. The van der Waals surface area contributed by atoms with Crippen molar-refractivity contribution in [3.05, 3.63) is 102 Å². The van der Waals surface area contributed by atoms with Crippen molar-refractivity contribution in [3.8, 4) is 0 Å². The first kappa shape index (κ1) is 21.3. The Morgan fingerprint density at radius 1 is 0.844 bits per heavy atom. The highest BCUT2D eigenvalue weighted by atomic mass is 16.2. The second-order valence-corrected chi connectivity index (χ2v) is 7.68. The highest BCUT2D eigenvalue weighted by molar-refractivity contribution is 6.01. The molecule has 32 heavy (non-hydrogen) atoms. The van der Waals surface area contributed by atoms with E-state index in [0.29, 0.717) is 17.7 Å². The summed E-state index contributed by atoms with van der Waals surface area (Å²) in [6, 6.07) is 24.9. The Morgan fingerprint density at radius 2 is 1.50 bits per heavy atom. The molecule has 0 spiro atoms. The van der Waals surface area contributed by atoms with Gasteiger partial charge in [-0.05, 0) is 42.2 Å². The average Bonchev–Trinajstić information content (AvgIpc) is 2.86. The van der Waals surface area contributed by atoms with Crippen molar-refractivity contribution in [2.24, 2.45) is 0 Å². The minimum atomic E-state index is -0.844. The molecule has 1 aliphatic rings. The zero-order chi connectivity index (χ0) is 22.3. The maximum Gasteiger partial charge on any atom is 0.254 e. The second kappa shape index (κ2) is 9.92. The summed E-state index contributed by atoms with van der Waals surface area (Å²) in [5.41, 5.74) is 3.18. The van der Waals surface area contributed by atoms with E-state index in [1.54, 1.807) is 29.2 Å². The van der Waals surface area contributed by atoms with Gasteiger partial charge in [0.2, 0.25) is 5.91 Å². The number of nitrogens with zero attached hydrogens (tertiary/aromatic N) is 1. The number of para-hydroxylation sites is 1. The molecule has 1 aliphatic heterocycles. The molecule has 3 amide bonds. The number of benzene rings is 3. The molecule has 1 heterocycles. The van der Waals surface area contributed by atoms with E-state index in [1.165, 1.54) is 0 Å². The van der Waals surface area contributed by atoms with Crippen LogP contribution >= 0.6 is 0 Å². The number of amides is 3. The van der Waals surface area contributed by atoms with Crippen LogP contribution in [0, 0.1) is 0 Å². The summed E-state index contributed by atoms with van der Waals surface area (Å²) in [5, 5.41) is 5.44. The van der Waals surface area contributed by atoms with E-state index in [1.807, 2.05) is 60.7 Å². The summed E-state index contributed by atoms with van der Waals surface area (Å²) >= 11 is 0. The lowest BCUT2D eigenvalue weighted by atomic mass is 9.99. The Hall–Kier alpha value is -3.93. The van der Waals surface area contributed by atoms with Crippen molar-refractivity contribution in [2.75, 3.05) is 18.0 Å². The molecule has 0 saturated heterocycles. The topological polar surface area (TPSA) is 78.5 Å². The number of hydrogen-bond donors (Lipinski definition) is 2. The van der Waals surface area contributed by atoms with Crippen LogP contribution in [-0.4, -0.2) is 30.8 Å². The van der Waals surface area contributed by atoms with E-state index in [9.17, 15) is 14.4 Å². The summed E-state index contributed by atoms with van der Waals surface area (Å²) in [5.74, 6) is -0.957. The van der Waals surface area contributed by atoms with E-state index in [-0.39, 0.29) is 18.4 Å². The fourth-order valence-corrected chi connectivity index (χ4v) is 3.92. The first-order chi connectivity index (χ1) is 15.6. The van der Waals surface area contributed by atoms with Crippen LogP contribution in [0.25, 0.3) is 0 Å². The summed E-state index contributed by atoms with van der Waals surface area (Å²) in [7, 11) is 0. The molecule has 3 aromatic rings. The van der Waals surface area contributed by atoms with E-state index in [2.05, 4.69) is 10.6 Å². The number of anilines is 1. The lowest BCUT2D eigenvalue weighted by Crippen LogP contribution is -2.47. The lowest BCUT2D eigenvalue weighted by Gasteiger charge is -2.32. The Balaban J connectivity index is 1.50. The largest absolute Gasteiger partial charge is 0.343 e. The summed E-state index contributed by atoms with van der Waals surface area (Å²) in [4.78, 5) is 40.3. The van der Waals surface area contributed by atoms with Crippen LogP contribution in [0.2, 0.25) is 0 Å². The predicted octanol–water partition coefficient (Wildman–Crippen LogP) is 3.25. The van der Waals surface area contributed by atoms with Gasteiger partial charge in [-0.3, -0.25) is 14.4 Å². The number of nitrogens with one attached hydrogen (secondary N) is 2. The van der Waals surface area contributed by atoms with Gasteiger partial charge in [0.25, 0.3) is 11.8 Å². The SMILES string of the molecule is O=C(CNC(=O)c1ccccc1)NC(C(=O)N1CCCc2ccccc21)c1ccccc1. The molecular weight excluding hydrogens is 402 g/mol. The first-order valence-electron chi connectivity index (χ1n) is 10.7. The monoisotopic (exact) mass is 427 g/mol. The van der Waals surface area contributed by atoms with Crippen molar-refractivity contribution in [3.63, 3.8) is 0 Å². The predicted molar refractivity (Wildman–Crippen MR) is 123 cm³/mol. The van der Waals surface area contributed by atoms with Crippen LogP contribution in [-0.2, 0) is 16.0 Å². The highest BCUT2D eigenvalue weighted by Gasteiger charge is 2.30. The van der Waals surface area contributed by atoms with Gasteiger partial charge in [-0.15, -0.1) is 0 Å². The molecule has 0 aliphatic carbocycles. The van der Waals surface area contributed by atoms with Crippen molar-refractivity contribution in [1.82, 2.24) is 10.6 Å². The number of hydrogen-bond acceptors (Lipinski definition) is 3. The van der Waals surface area contributed by atoms with Crippen LogP contribution in [0.4, 0.5) is 5.69 Å². The van der Waals surface area contributed by atoms with Crippen molar-refractivity contribution in [2.45, 2.75) is 18.9 Å². The van der Waals surface area contributed by atoms with Crippen LogP contribution in [0.5, 0.6) is 0 Å². The van der Waals surface area contributed by atoms with E-state index >= 15 is 0 Å². The number of rotatable bonds is 6. The van der Waals surface area contributed by atoms with Crippen molar-refractivity contribution < 1.29 is 14.4 Å². The molecular formula is C26H25N3O3. The van der Waals surface area contributed by atoms with E-state index in [4.69, 9.17) is 0 Å². The zero-order valence-electron chi connectivity index (χ0n) is 17.7. The molecule has 6 nitrogen and oxygen atoms in total. The maximum absolute atomic E-state index is 13.6. The van der Waals surface area contributed by atoms with Gasteiger partial charge in [0.05, 0.1) is 6.54 Å². The Bertz CT molecular complexity index is 1100. The first-order valence-corrected chi connectivity index (χ1v) is 10.7. The van der Waals surface area contributed by atoms with Gasteiger partial charge in [0.15, 0.2) is 0 Å².